The molecule has 1 heterocycles. The lowest BCUT2D eigenvalue weighted by atomic mass is 10.2. The standard InChI is InChI=1S/C12H10BrFN2O/c1-7-4-9(14)2-3-10(7)16-12(17)11-5-8(13)6-15-11/h2-6,15H,1H3,(H,16,17). The Morgan fingerprint density at radius 3 is 2.76 bits per heavy atom. The third-order valence-corrected chi connectivity index (χ3v) is 2.79. The van der Waals surface area contributed by atoms with Gasteiger partial charge in [0.2, 0.25) is 0 Å². The van der Waals surface area contributed by atoms with Gasteiger partial charge >= 0.3 is 0 Å². The zero-order chi connectivity index (χ0) is 12.4. The second kappa shape index (κ2) is 4.71. The molecule has 0 saturated heterocycles. The van der Waals surface area contributed by atoms with Crippen molar-refractivity contribution in [3.63, 3.8) is 0 Å². The van der Waals surface area contributed by atoms with Crippen LogP contribution in [0.5, 0.6) is 0 Å². The number of H-pyrrole nitrogens is 1. The summed E-state index contributed by atoms with van der Waals surface area (Å²) in [4.78, 5) is 14.6. The molecule has 0 spiro atoms. The molecule has 0 unspecified atom stereocenters. The average Bonchev–Trinajstić information content (AvgIpc) is 2.69. The number of aryl methyl sites for hydroxylation is 1. The summed E-state index contributed by atoms with van der Waals surface area (Å²) in [5.41, 5.74) is 1.73. The Labute approximate surface area is 106 Å². The van der Waals surface area contributed by atoms with E-state index in [4.69, 9.17) is 0 Å². The van der Waals surface area contributed by atoms with E-state index in [0.29, 0.717) is 16.9 Å². The van der Waals surface area contributed by atoms with E-state index < -0.39 is 0 Å². The zero-order valence-electron chi connectivity index (χ0n) is 9.05. The maximum atomic E-state index is 12.9. The highest BCUT2D eigenvalue weighted by Crippen LogP contribution is 2.17. The highest BCUT2D eigenvalue weighted by Gasteiger charge is 2.09. The number of rotatable bonds is 2. The highest BCUT2D eigenvalue weighted by atomic mass is 79.9. The molecule has 2 N–H and O–H groups in total. The minimum atomic E-state index is -0.317. The summed E-state index contributed by atoms with van der Waals surface area (Å²) in [6.07, 6.45) is 1.67. The topological polar surface area (TPSA) is 44.9 Å². The summed E-state index contributed by atoms with van der Waals surface area (Å²) in [7, 11) is 0. The Balaban J connectivity index is 2.18. The number of halogens is 2. The predicted octanol–water partition coefficient (Wildman–Crippen LogP) is 3.48. The molecular formula is C12H10BrFN2O. The molecule has 17 heavy (non-hydrogen) atoms. The lowest BCUT2D eigenvalue weighted by Gasteiger charge is -2.07. The molecule has 0 aliphatic rings. The van der Waals surface area contributed by atoms with Gasteiger partial charge in [0.05, 0.1) is 0 Å². The molecule has 2 rings (SSSR count). The van der Waals surface area contributed by atoms with Crippen LogP contribution >= 0.6 is 15.9 Å². The molecule has 0 aliphatic heterocycles. The molecule has 0 bridgehead atoms. The van der Waals surface area contributed by atoms with Crippen molar-refractivity contribution >= 4 is 27.5 Å². The quantitative estimate of drug-likeness (QED) is 0.876. The summed E-state index contributed by atoms with van der Waals surface area (Å²) in [6.45, 7) is 1.74. The third kappa shape index (κ3) is 2.74. The highest BCUT2D eigenvalue weighted by molar-refractivity contribution is 9.10. The van der Waals surface area contributed by atoms with Crippen molar-refractivity contribution in [1.29, 1.82) is 0 Å². The lowest BCUT2D eigenvalue weighted by Crippen LogP contribution is -2.13. The third-order valence-electron chi connectivity index (χ3n) is 2.33. The van der Waals surface area contributed by atoms with Gasteiger partial charge in [0.15, 0.2) is 0 Å². The van der Waals surface area contributed by atoms with Gasteiger partial charge in [0, 0.05) is 16.4 Å². The normalized spacial score (nSPS) is 10.3. The second-order valence-corrected chi connectivity index (χ2v) is 4.56. The largest absolute Gasteiger partial charge is 0.356 e. The van der Waals surface area contributed by atoms with Crippen LogP contribution in [0.2, 0.25) is 0 Å². The number of aromatic nitrogens is 1. The number of hydrogen-bond donors (Lipinski definition) is 2. The Morgan fingerprint density at radius 1 is 1.41 bits per heavy atom. The van der Waals surface area contributed by atoms with Crippen LogP contribution in [0.4, 0.5) is 10.1 Å². The van der Waals surface area contributed by atoms with Gasteiger partial charge in [-0.1, -0.05) is 0 Å². The first kappa shape index (κ1) is 11.9. The van der Waals surface area contributed by atoms with Crippen LogP contribution in [0, 0.1) is 12.7 Å². The van der Waals surface area contributed by atoms with E-state index in [2.05, 4.69) is 26.2 Å². The molecule has 1 aromatic heterocycles. The van der Waals surface area contributed by atoms with Gasteiger partial charge in [-0.3, -0.25) is 4.79 Å². The number of hydrogen-bond acceptors (Lipinski definition) is 1. The summed E-state index contributed by atoms with van der Waals surface area (Å²) < 4.78 is 13.7. The van der Waals surface area contributed by atoms with Crippen molar-refractivity contribution in [3.8, 4) is 0 Å². The van der Waals surface area contributed by atoms with Crippen molar-refractivity contribution in [3.05, 3.63) is 52.0 Å². The van der Waals surface area contributed by atoms with Crippen LogP contribution in [0.3, 0.4) is 0 Å². The van der Waals surface area contributed by atoms with Crippen molar-refractivity contribution in [1.82, 2.24) is 4.98 Å². The Hall–Kier alpha value is -1.62. The number of amides is 1. The molecule has 0 atom stereocenters. The smallest absolute Gasteiger partial charge is 0.272 e. The molecule has 2 aromatic rings. The minimum absolute atomic E-state index is 0.259. The molecule has 0 saturated carbocycles. The van der Waals surface area contributed by atoms with Crippen LogP contribution in [-0.2, 0) is 0 Å². The van der Waals surface area contributed by atoms with Gasteiger partial charge in [-0.15, -0.1) is 0 Å². The van der Waals surface area contributed by atoms with Crippen molar-refractivity contribution in [2.75, 3.05) is 5.32 Å². The van der Waals surface area contributed by atoms with Crippen LogP contribution < -0.4 is 5.32 Å². The van der Waals surface area contributed by atoms with E-state index in [-0.39, 0.29) is 11.7 Å². The Kier molecular flexibility index (Phi) is 3.28. The Morgan fingerprint density at radius 2 is 2.18 bits per heavy atom. The predicted molar refractivity (Wildman–Crippen MR) is 67.6 cm³/mol. The average molecular weight is 297 g/mol. The van der Waals surface area contributed by atoms with Crippen LogP contribution in [0.25, 0.3) is 0 Å². The van der Waals surface area contributed by atoms with Gasteiger partial charge in [0.25, 0.3) is 5.91 Å². The number of benzene rings is 1. The van der Waals surface area contributed by atoms with Gasteiger partial charge in [-0.2, -0.15) is 0 Å². The molecule has 0 radical (unpaired) electrons. The monoisotopic (exact) mass is 296 g/mol. The second-order valence-electron chi connectivity index (χ2n) is 3.64. The molecule has 88 valence electrons. The van der Waals surface area contributed by atoms with E-state index in [0.717, 1.165) is 4.47 Å². The number of aromatic amines is 1. The van der Waals surface area contributed by atoms with Crippen molar-refractivity contribution in [2.24, 2.45) is 0 Å². The fourth-order valence-electron chi connectivity index (χ4n) is 1.46. The van der Waals surface area contributed by atoms with E-state index in [1.54, 1.807) is 25.3 Å². The molecule has 1 amide bonds. The van der Waals surface area contributed by atoms with E-state index in [9.17, 15) is 9.18 Å². The molecule has 1 aromatic carbocycles. The van der Waals surface area contributed by atoms with Crippen molar-refractivity contribution in [2.45, 2.75) is 6.92 Å². The summed E-state index contributed by atoms with van der Waals surface area (Å²) in [5.74, 6) is -0.575. The molecule has 0 fully saturated rings. The maximum absolute atomic E-state index is 12.9. The van der Waals surface area contributed by atoms with Gasteiger partial charge < -0.3 is 10.3 Å². The molecule has 5 heteroatoms. The lowest BCUT2D eigenvalue weighted by molar-refractivity contribution is 0.102. The summed E-state index contributed by atoms with van der Waals surface area (Å²) >= 11 is 3.25. The van der Waals surface area contributed by atoms with Gasteiger partial charge in [-0.05, 0) is 52.7 Å². The number of anilines is 1. The first-order valence-electron chi connectivity index (χ1n) is 4.97. The fourth-order valence-corrected chi connectivity index (χ4v) is 1.80. The zero-order valence-corrected chi connectivity index (χ0v) is 10.6. The van der Waals surface area contributed by atoms with Crippen molar-refractivity contribution < 1.29 is 9.18 Å². The van der Waals surface area contributed by atoms with Crippen LogP contribution in [0.15, 0.2) is 34.9 Å². The summed E-state index contributed by atoms with van der Waals surface area (Å²) in [6, 6.07) is 5.90. The first-order chi connectivity index (χ1) is 8.06. The maximum Gasteiger partial charge on any atom is 0.272 e. The number of carbonyl (C=O) groups is 1. The molecular weight excluding hydrogens is 287 g/mol. The number of nitrogens with one attached hydrogen (secondary N) is 2. The van der Waals surface area contributed by atoms with E-state index in [1.165, 1.54) is 12.1 Å². The molecule has 3 nitrogen and oxygen atoms in total. The SMILES string of the molecule is Cc1cc(F)ccc1NC(=O)c1cc(Br)c[nH]1. The summed E-state index contributed by atoms with van der Waals surface area (Å²) in [5, 5.41) is 2.71. The van der Waals surface area contributed by atoms with E-state index in [1.807, 2.05) is 0 Å². The number of carbonyl (C=O) groups excluding carboxylic acids is 1. The Bertz CT molecular complexity index is 565. The van der Waals surface area contributed by atoms with Crippen LogP contribution in [-0.4, -0.2) is 10.9 Å². The fraction of sp³-hybridized carbons (Fsp3) is 0.0833. The van der Waals surface area contributed by atoms with Crippen LogP contribution in [0.1, 0.15) is 16.1 Å². The minimum Gasteiger partial charge on any atom is -0.356 e. The van der Waals surface area contributed by atoms with E-state index >= 15 is 0 Å². The molecule has 0 aliphatic carbocycles. The first-order valence-corrected chi connectivity index (χ1v) is 5.77. The van der Waals surface area contributed by atoms with Gasteiger partial charge in [0.1, 0.15) is 11.5 Å². The van der Waals surface area contributed by atoms with Gasteiger partial charge in [-0.25, -0.2) is 4.39 Å².